The lowest BCUT2D eigenvalue weighted by Gasteiger charge is -2.09. The molecule has 0 spiro atoms. The SMILES string of the molecule is O=C(NCCc1ccc(OCC(F)(F)F)cn1)C1CC1c1cc2ccccc2cn1. The van der Waals surface area contributed by atoms with Gasteiger partial charge in [-0.25, -0.2) is 0 Å². The molecule has 1 amide bonds. The predicted octanol–water partition coefficient (Wildman–Crippen LogP) is 4.03. The van der Waals surface area contributed by atoms with Crippen molar-refractivity contribution in [2.75, 3.05) is 13.2 Å². The summed E-state index contributed by atoms with van der Waals surface area (Å²) in [6.45, 7) is -0.943. The Labute approximate surface area is 171 Å². The summed E-state index contributed by atoms with van der Waals surface area (Å²) in [5, 5.41) is 5.09. The summed E-state index contributed by atoms with van der Waals surface area (Å²) in [5.74, 6) is 0.103. The lowest BCUT2D eigenvalue weighted by molar-refractivity contribution is -0.153. The molecule has 2 atom stereocenters. The second-order valence-corrected chi connectivity index (χ2v) is 7.34. The molecule has 3 aromatic rings. The molecule has 2 unspecified atom stereocenters. The molecule has 2 aromatic heterocycles. The highest BCUT2D eigenvalue weighted by molar-refractivity contribution is 5.84. The number of ether oxygens (including phenoxy) is 1. The van der Waals surface area contributed by atoms with Crippen molar-refractivity contribution in [1.29, 1.82) is 0 Å². The van der Waals surface area contributed by atoms with Crippen LogP contribution in [0.1, 0.15) is 23.7 Å². The summed E-state index contributed by atoms with van der Waals surface area (Å²) in [6, 6.07) is 13.1. The van der Waals surface area contributed by atoms with Gasteiger partial charge in [0.15, 0.2) is 6.61 Å². The van der Waals surface area contributed by atoms with Gasteiger partial charge >= 0.3 is 6.18 Å². The van der Waals surface area contributed by atoms with Crippen molar-refractivity contribution >= 4 is 16.7 Å². The highest BCUT2D eigenvalue weighted by atomic mass is 19.4. The quantitative estimate of drug-likeness (QED) is 0.633. The van der Waals surface area contributed by atoms with Gasteiger partial charge in [0.05, 0.1) is 6.20 Å². The minimum Gasteiger partial charge on any atom is -0.483 e. The number of carbonyl (C=O) groups is 1. The van der Waals surface area contributed by atoms with E-state index in [0.717, 1.165) is 22.9 Å². The number of amides is 1. The van der Waals surface area contributed by atoms with Crippen LogP contribution in [-0.2, 0) is 11.2 Å². The van der Waals surface area contributed by atoms with Crippen LogP contribution in [-0.4, -0.2) is 35.2 Å². The smallest absolute Gasteiger partial charge is 0.422 e. The van der Waals surface area contributed by atoms with Crippen molar-refractivity contribution in [2.24, 2.45) is 5.92 Å². The number of fused-ring (bicyclic) bond motifs is 1. The van der Waals surface area contributed by atoms with Gasteiger partial charge in [-0.15, -0.1) is 0 Å². The number of aromatic nitrogens is 2. The number of halogens is 3. The van der Waals surface area contributed by atoms with Crippen LogP contribution >= 0.6 is 0 Å². The number of hydrogen-bond donors (Lipinski definition) is 1. The average Bonchev–Trinajstić information content (AvgIpc) is 3.53. The van der Waals surface area contributed by atoms with Gasteiger partial charge in [0.2, 0.25) is 5.91 Å². The van der Waals surface area contributed by atoms with Crippen LogP contribution in [0.25, 0.3) is 10.8 Å². The van der Waals surface area contributed by atoms with E-state index in [1.165, 1.54) is 12.3 Å². The minimum atomic E-state index is -4.38. The zero-order valence-corrected chi connectivity index (χ0v) is 16.0. The number of benzene rings is 1. The first kappa shape index (κ1) is 20.1. The fourth-order valence-electron chi connectivity index (χ4n) is 3.37. The van der Waals surface area contributed by atoms with Gasteiger partial charge in [-0.3, -0.25) is 14.8 Å². The monoisotopic (exact) mass is 415 g/mol. The summed E-state index contributed by atoms with van der Waals surface area (Å²) >= 11 is 0. The Morgan fingerprint density at radius 3 is 2.63 bits per heavy atom. The van der Waals surface area contributed by atoms with Gasteiger partial charge in [0, 0.05) is 47.8 Å². The largest absolute Gasteiger partial charge is 0.483 e. The highest BCUT2D eigenvalue weighted by Crippen LogP contribution is 2.47. The molecule has 8 heteroatoms. The number of nitrogens with zero attached hydrogens (tertiary/aromatic N) is 2. The van der Waals surface area contributed by atoms with Gasteiger partial charge in [-0.2, -0.15) is 13.2 Å². The molecular formula is C22H20F3N3O2. The zero-order chi connectivity index (χ0) is 21.1. The number of hydrogen-bond acceptors (Lipinski definition) is 4. The lowest BCUT2D eigenvalue weighted by Crippen LogP contribution is -2.27. The van der Waals surface area contributed by atoms with E-state index >= 15 is 0 Å². The van der Waals surface area contributed by atoms with Crippen molar-refractivity contribution in [3.63, 3.8) is 0 Å². The van der Waals surface area contributed by atoms with Gasteiger partial charge in [0.25, 0.3) is 0 Å². The molecule has 1 fully saturated rings. The molecule has 30 heavy (non-hydrogen) atoms. The maximum Gasteiger partial charge on any atom is 0.422 e. The van der Waals surface area contributed by atoms with E-state index in [2.05, 4.69) is 20.0 Å². The van der Waals surface area contributed by atoms with Crippen LogP contribution in [0, 0.1) is 5.92 Å². The molecule has 0 radical (unpaired) electrons. The van der Waals surface area contributed by atoms with E-state index in [-0.39, 0.29) is 23.5 Å². The first-order valence-corrected chi connectivity index (χ1v) is 9.66. The first-order chi connectivity index (χ1) is 14.4. The molecule has 1 saturated carbocycles. The third-order valence-corrected chi connectivity index (χ3v) is 5.04. The molecule has 1 N–H and O–H groups in total. The van der Waals surface area contributed by atoms with Gasteiger partial charge < -0.3 is 10.1 Å². The van der Waals surface area contributed by atoms with Gasteiger partial charge in [-0.05, 0) is 30.0 Å². The van der Waals surface area contributed by atoms with Crippen molar-refractivity contribution in [2.45, 2.75) is 24.9 Å². The Balaban J connectivity index is 1.23. The topological polar surface area (TPSA) is 64.1 Å². The highest BCUT2D eigenvalue weighted by Gasteiger charge is 2.44. The molecule has 4 rings (SSSR count). The van der Waals surface area contributed by atoms with Crippen LogP contribution in [0.4, 0.5) is 13.2 Å². The Kier molecular flexibility index (Phi) is 5.57. The molecule has 0 saturated heterocycles. The second-order valence-electron chi connectivity index (χ2n) is 7.34. The van der Waals surface area contributed by atoms with Crippen LogP contribution < -0.4 is 10.1 Å². The average molecular weight is 415 g/mol. The molecule has 0 bridgehead atoms. The van der Waals surface area contributed by atoms with Crippen molar-refractivity contribution in [3.8, 4) is 5.75 Å². The third-order valence-electron chi connectivity index (χ3n) is 5.04. The summed E-state index contributed by atoms with van der Waals surface area (Å²) in [7, 11) is 0. The van der Waals surface area contributed by atoms with Gasteiger partial charge in [-0.1, -0.05) is 24.3 Å². The maximum absolute atomic E-state index is 12.4. The lowest BCUT2D eigenvalue weighted by atomic mass is 10.1. The first-order valence-electron chi connectivity index (χ1n) is 9.66. The molecule has 5 nitrogen and oxygen atoms in total. The van der Waals surface area contributed by atoms with Crippen LogP contribution in [0.5, 0.6) is 5.75 Å². The number of rotatable bonds is 7. The molecule has 1 aromatic carbocycles. The van der Waals surface area contributed by atoms with E-state index in [9.17, 15) is 18.0 Å². The molecule has 1 aliphatic rings. The number of nitrogens with one attached hydrogen (secondary N) is 1. The molecule has 156 valence electrons. The summed E-state index contributed by atoms with van der Waals surface area (Å²) in [5.41, 5.74) is 1.60. The molecule has 0 aliphatic heterocycles. The predicted molar refractivity (Wildman–Crippen MR) is 105 cm³/mol. The Morgan fingerprint density at radius 2 is 1.90 bits per heavy atom. The third kappa shape index (κ3) is 5.06. The normalized spacial score (nSPS) is 18.2. The van der Waals surface area contributed by atoms with E-state index < -0.39 is 12.8 Å². The standard InChI is InChI=1S/C22H20F3N3O2/c23-22(24,25)13-30-17-6-5-16(27-12-17)7-8-26-21(29)19-10-18(19)20-9-14-3-1-2-4-15(14)11-28-20/h1-6,9,11-12,18-19H,7-8,10,13H2,(H,26,29). The molecular weight excluding hydrogens is 395 g/mol. The van der Waals surface area contributed by atoms with E-state index in [1.54, 1.807) is 6.07 Å². The van der Waals surface area contributed by atoms with Crippen molar-refractivity contribution in [3.05, 3.63) is 66.2 Å². The second kappa shape index (κ2) is 8.30. The Bertz CT molecular complexity index is 1040. The number of carbonyl (C=O) groups excluding carboxylic acids is 1. The van der Waals surface area contributed by atoms with Gasteiger partial charge in [0.1, 0.15) is 5.75 Å². The maximum atomic E-state index is 12.4. The van der Waals surface area contributed by atoms with E-state index in [1.807, 2.05) is 36.5 Å². The van der Waals surface area contributed by atoms with Crippen LogP contribution in [0.2, 0.25) is 0 Å². The van der Waals surface area contributed by atoms with Crippen molar-refractivity contribution < 1.29 is 22.7 Å². The Hall–Kier alpha value is -3.16. The summed E-state index contributed by atoms with van der Waals surface area (Å²) in [4.78, 5) is 21.0. The Morgan fingerprint density at radius 1 is 1.10 bits per heavy atom. The number of pyridine rings is 2. The van der Waals surface area contributed by atoms with E-state index in [4.69, 9.17) is 0 Å². The van der Waals surface area contributed by atoms with E-state index in [0.29, 0.717) is 18.7 Å². The van der Waals surface area contributed by atoms with Crippen LogP contribution in [0.15, 0.2) is 54.9 Å². The molecule has 1 aliphatic carbocycles. The summed E-state index contributed by atoms with van der Waals surface area (Å²) in [6.07, 6.45) is -0.0273. The van der Waals surface area contributed by atoms with Crippen molar-refractivity contribution in [1.82, 2.24) is 15.3 Å². The zero-order valence-electron chi connectivity index (χ0n) is 16.0. The fourth-order valence-corrected chi connectivity index (χ4v) is 3.37. The van der Waals surface area contributed by atoms with Crippen LogP contribution in [0.3, 0.4) is 0 Å². The molecule has 2 heterocycles. The fraction of sp³-hybridized carbons (Fsp3) is 0.318. The number of alkyl halides is 3. The summed E-state index contributed by atoms with van der Waals surface area (Å²) < 4.78 is 41.1. The minimum absolute atomic E-state index is 0.0138.